The molecule has 1 unspecified atom stereocenters. The average Bonchev–Trinajstić information content (AvgIpc) is 3.11. The summed E-state index contributed by atoms with van der Waals surface area (Å²) in [5.41, 5.74) is 0. The molecule has 1 amide bonds. The first-order valence-electron chi connectivity index (χ1n) is 22.0. The molecule has 0 aromatic rings. The van der Waals surface area contributed by atoms with Gasteiger partial charge in [-0.3, -0.25) is 14.4 Å². The van der Waals surface area contributed by atoms with E-state index >= 15 is 0 Å². The lowest BCUT2D eigenvalue weighted by Crippen LogP contribution is -2.28. The smallest absolute Gasteiger partial charge is 0.322 e. The fourth-order valence-corrected chi connectivity index (χ4v) is 6.60. The molecular formula is C45H83NO5. The molecule has 0 fully saturated rings. The van der Waals surface area contributed by atoms with Crippen LogP contribution >= 0.6 is 0 Å². The van der Waals surface area contributed by atoms with Crippen molar-refractivity contribution in [2.24, 2.45) is 0 Å². The minimum atomic E-state index is -1.02. The van der Waals surface area contributed by atoms with E-state index in [1.165, 1.54) is 135 Å². The van der Waals surface area contributed by atoms with Gasteiger partial charge in [0, 0.05) is 12.8 Å². The molecule has 0 saturated heterocycles. The molecule has 0 aliphatic carbocycles. The molecule has 0 heterocycles. The lowest BCUT2D eigenvalue weighted by molar-refractivity contribution is -0.150. The first kappa shape index (κ1) is 48.9. The van der Waals surface area contributed by atoms with Gasteiger partial charge in [0.25, 0.3) is 0 Å². The van der Waals surface area contributed by atoms with Crippen LogP contribution in [0.2, 0.25) is 0 Å². The van der Waals surface area contributed by atoms with Crippen molar-refractivity contribution in [2.75, 3.05) is 6.54 Å². The number of carboxylic acid groups (broad SMARTS) is 1. The summed E-state index contributed by atoms with van der Waals surface area (Å²) in [4.78, 5) is 34.9. The van der Waals surface area contributed by atoms with Gasteiger partial charge in [0.2, 0.25) is 5.91 Å². The van der Waals surface area contributed by atoms with Gasteiger partial charge >= 0.3 is 11.9 Å². The summed E-state index contributed by atoms with van der Waals surface area (Å²) < 4.78 is 5.99. The van der Waals surface area contributed by atoms with Gasteiger partial charge in [-0.2, -0.15) is 0 Å². The molecule has 0 spiro atoms. The summed E-state index contributed by atoms with van der Waals surface area (Å²) in [6.45, 7) is 4.20. The normalized spacial score (nSPS) is 12.2. The maximum absolute atomic E-state index is 12.7. The molecule has 298 valence electrons. The number of nitrogens with one attached hydrogen (secondary N) is 1. The van der Waals surface area contributed by atoms with E-state index in [9.17, 15) is 14.4 Å². The van der Waals surface area contributed by atoms with Crippen LogP contribution in [-0.4, -0.2) is 35.6 Å². The van der Waals surface area contributed by atoms with Gasteiger partial charge in [0.15, 0.2) is 0 Å². The first-order chi connectivity index (χ1) is 25.0. The summed E-state index contributed by atoms with van der Waals surface area (Å²) in [5.74, 6) is -1.23. The Morgan fingerprint density at radius 1 is 0.510 bits per heavy atom. The van der Waals surface area contributed by atoms with Crippen molar-refractivity contribution in [1.29, 1.82) is 0 Å². The zero-order valence-corrected chi connectivity index (χ0v) is 33.7. The van der Waals surface area contributed by atoms with E-state index in [1.54, 1.807) is 0 Å². The molecule has 0 radical (unpaired) electrons. The van der Waals surface area contributed by atoms with Crippen LogP contribution in [0.5, 0.6) is 0 Å². The summed E-state index contributed by atoms with van der Waals surface area (Å²) >= 11 is 0. The Morgan fingerprint density at radius 2 is 0.902 bits per heavy atom. The Morgan fingerprint density at radius 3 is 1.35 bits per heavy atom. The van der Waals surface area contributed by atoms with Gasteiger partial charge in [-0.05, 0) is 70.6 Å². The fraction of sp³-hybridized carbons (Fsp3) is 0.844. The van der Waals surface area contributed by atoms with E-state index < -0.39 is 5.97 Å². The highest BCUT2D eigenvalue weighted by atomic mass is 16.5. The van der Waals surface area contributed by atoms with Crippen LogP contribution in [0.1, 0.15) is 232 Å². The van der Waals surface area contributed by atoms with Crippen molar-refractivity contribution in [1.82, 2.24) is 5.32 Å². The van der Waals surface area contributed by atoms with Crippen molar-refractivity contribution in [3.63, 3.8) is 0 Å². The number of aliphatic carboxylic acids is 1. The molecule has 0 aromatic carbocycles. The molecule has 6 heteroatoms. The van der Waals surface area contributed by atoms with E-state index in [2.05, 4.69) is 43.5 Å². The van der Waals surface area contributed by atoms with Crippen LogP contribution in [0.15, 0.2) is 24.3 Å². The summed E-state index contributed by atoms with van der Waals surface area (Å²) in [6.07, 6.45) is 48.9. The molecule has 6 nitrogen and oxygen atoms in total. The quantitative estimate of drug-likeness (QED) is 0.0374. The van der Waals surface area contributed by atoms with Gasteiger partial charge in [0.1, 0.15) is 12.6 Å². The van der Waals surface area contributed by atoms with Crippen LogP contribution in [0.3, 0.4) is 0 Å². The van der Waals surface area contributed by atoms with Gasteiger partial charge in [0.05, 0.1) is 0 Å². The number of ether oxygens (including phenoxy) is 1. The van der Waals surface area contributed by atoms with Gasteiger partial charge in [-0.25, -0.2) is 0 Å². The van der Waals surface area contributed by atoms with Crippen LogP contribution in [0.25, 0.3) is 0 Å². The summed E-state index contributed by atoms with van der Waals surface area (Å²) in [7, 11) is 0. The largest absolute Gasteiger partial charge is 0.480 e. The number of amides is 1. The topological polar surface area (TPSA) is 92.7 Å². The molecule has 0 aliphatic heterocycles. The number of hydrogen-bond acceptors (Lipinski definition) is 4. The van der Waals surface area contributed by atoms with Crippen molar-refractivity contribution < 1.29 is 24.2 Å². The molecule has 2 N–H and O–H groups in total. The second kappa shape index (κ2) is 40.7. The Kier molecular flexibility index (Phi) is 39.0. The Balaban J connectivity index is 3.85. The number of carbonyl (C=O) groups is 3. The molecule has 51 heavy (non-hydrogen) atoms. The lowest BCUT2D eigenvalue weighted by Gasteiger charge is -2.18. The number of esters is 1. The van der Waals surface area contributed by atoms with Gasteiger partial charge < -0.3 is 15.2 Å². The van der Waals surface area contributed by atoms with Crippen molar-refractivity contribution in [3.8, 4) is 0 Å². The highest BCUT2D eigenvalue weighted by Gasteiger charge is 2.14. The Bertz CT molecular complexity index is 838. The third-order valence-corrected chi connectivity index (χ3v) is 9.88. The second-order valence-corrected chi connectivity index (χ2v) is 15.0. The van der Waals surface area contributed by atoms with Crippen LogP contribution in [0.4, 0.5) is 0 Å². The molecular weight excluding hydrogens is 634 g/mol. The zero-order valence-electron chi connectivity index (χ0n) is 33.7. The van der Waals surface area contributed by atoms with Crippen molar-refractivity contribution >= 4 is 17.8 Å². The third-order valence-electron chi connectivity index (χ3n) is 9.88. The minimum Gasteiger partial charge on any atom is -0.480 e. The van der Waals surface area contributed by atoms with Gasteiger partial charge in [-0.15, -0.1) is 0 Å². The highest BCUT2D eigenvalue weighted by Crippen LogP contribution is 2.19. The van der Waals surface area contributed by atoms with E-state index in [0.29, 0.717) is 12.8 Å². The second-order valence-electron chi connectivity index (χ2n) is 15.0. The number of unbranched alkanes of at least 4 members (excludes halogenated alkanes) is 25. The molecule has 0 saturated carbocycles. The first-order valence-corrected chi connectivity index (χ1v) is 22.0. The maximum atomic E-state index is 12.7. The highest BCUT2D eigenvalue weighted by molar-refractivity contribution is 5.80. The minimum absolute atomic E-state index is 0.0193. The Hall–Kier alpha value is -2.11. The molecule has 0 rings (SSSR count). The number of allylic oxidation sites excluding steroid dienone is 4. The van der Waals surface area contributed by atoms with E-state index in [-0.39, 0.29) is 24.5 Å². The molecule has 1 atom stereocenters. The predicted octanol–water partition coefficient (Wildman–Crippen LogP) is 13.5. The van der Waals surface area contributed by atoms with Crippen molar-refractivity contribution in [3.05, 3.63) is 24.3 Å². The Labute approximate surface area is 315 Å². The van der Waals surface area contributed by atoms with Crippen molar-refractivity contribution in [2.45, 2.75) is 238 Å². The lowest BCUT2D eigenvalue weighted by atomic mass is 10.0. The zero-order chi connectivity index (χ0) is 37.3. The monoisotopic (exact) mass is 718 g/mol. The standard InChI is InChI=1S/C45H83NO5/c1-3-5-7-9-11-12-13-14-15-16-17-18-19-20-21-22-23-24-25-26-27-32-36-40-45(50)51-42(37-33-29-10-8-6-4-2)38-34-30-28-31-35-39-43(47)46-41-44(48)49/h13-14,16-17,42H,3-12,15,18-41H2,1-2H3,(H,46,47)(H,48,49)/b14-13-,17-16-. The number of carboxylic acids is 1. The maximum Gasteiger partial charge on any atom is 0.322 e. The summed E-state index contributed by atoms with van der Waals surface area (Å²) in [5, 5.41) is 11.1. The number of rotatable bonds is 40. The number of hydrogen-bond donors (Lipinski definition) is 2. The van der Waals surface area contributed by atoms with Crippen LogP contribution < -0.4 is 5.32 Å². The molecule has 0 bridgehead atoms. The van der Waals surface area contributed by atoms with E-state index in [1.807, 2.05) is 0 Å². The van der Waals surface area contributed by atoms with Crippen LogP contribution in [0, 0.1) is 0 Å². The van der Waals surface area contributed by atoms with Crippen LogP contribution in [-0.2, 0) is 19.1 Å². The number of carbonyl (C=O) groups excluding carboxylic acids is 2. The summed E-state index contributed by atoms with van der Waals surface area (Å²) in [6, 6.07) is 0. The van der Waals surface area contributed by atoms with E-state index in [0.717, 1.165) is 70.6 Å². The fourth-order valence-electron chi connectivity index (χ4n) is 6.60. The SMILES string of the molecule is CCCCCCC/C=C\C/C=C\CCCCCCCCCCCCCC(=O)OC(CCCCCCCC)CCCCCCCC(=O)NCC(=O)O. The average molecular weight is 718 g/mol. The molecule has 0 aromatic heterocycles. The van der Waals surface area contributed by atoms with Gasteiger partial charge in [-0.1, -0.05) is 173 Å². The molecule has 0 aliphatic rings. The predicted molar refractivity (Wildman–Crippen MR) is 217 cm³/mol. The van der Waals surface area contributed by atoms with E-state index in [4.69, 9.17) is 9.84 Å². The third kappa shape index (κ3) is 40.5.